The Morgan fingerprint density at radius 2 is 1.95 bits per heavy atom. The molecule has 3 rings (SSSR count). The highest BCUT2D eigenvalue weighted by Crippen LogP contribution is 2.27. The number of quaternary nitrogens is 1. The zero-order valence-corrected chi connectivity index (χ0v) is 13.3. The lowest BCUT2D eigenvalue weighted by Gasteiger charge is -2.32. The van der Waals surface area contributed by atoms with E-state index in [1.54, 1.807) is 4.90 Å². The number of nitrogens with one attached hydrogen (secondary N) is 1. The summed E-state index contributed by atoms with van der Waals surface area (Å²) in [5, 5.41) is 0. The summed E-state index contributed by atoms with van der Waals surface area (Å²) in [6, 6.07) is 0. The van der Waals surface area contributed by atoms with Crippen LogP contribution in [0.2, 0.25) is 0 Å². The fraction of sp³-hybridized carbons (Fsp3) is 0.688. The number of nitrogens with zero attached hydrogens (tertiary/aromatic N) is 3. The number of hydrogen-bond acceptors (Lipinski definition) is 4. The molecule has 0 unspecified atom stereocenters. The predicted octanol–water partition coefficient (Wildman–Crippen LogP) is 0.275. The first-order valence-electron chi connectivity index (χ1n) is 8.07. The van der Waals surface area contributed by atoms with Crippen LogP contribution in [0, 0.1) is 12.8 Å². The molecule has 1 aromatic heterocycles. The Labute approximate surface area is 126 Å². The lowest BCUT2D eigenvalue weighted by molar-refractivity contribution is -0.898. The van der Waals surface area contributed by atoms with Crippen molar-refractivity contribution < 1.29 is 9.69 Å². The minimum absolute atomic E-state index is 0.216. The van der Waals surface area contributed by atoms with Gasteiger partial charge in [-0.3, -0.25) is 4.79 Å². The van der Waals surface area contributed by atoms with Crippen molar-refractivity contribution in [2.75, 3.05) is 37.6 Å². The lowest BCUT2D eigenvalue weighted by Crippen LogP contribution is -3.14. The van der Waals surface area contributed by atoms with Crippen LogP contribution in [0.15, 0.2) is 0 Å². The number of piperazine rings is 1. The summed E-state index contributed by atoms with van der Waals surface area (Å²) in [6.45, 7) is 11.8. The summed E-state index contributed by atoms with van der Waals surface area (Å²) >= 11 is 0. The van der Waals surface area contributed by atoms with Crippen LogP contribution in [-0.2, 0) is 6.42 Å². The van der Waals surface area contributed by atoms with E-state index in [4.69, 9.17) is 4.98 Å². The van der Waals surface area contributed by atoms with Crippen LogP contribution < -0.4 is 9.80 Å². The standard InChI is InChI=1S/C16H24N4O/c1-4-19-5-7-20(8-6-19)16-17-12(3)15-13(18-16)9-11(2)10-14(15)21/h11H,4-10H2,1-3H3/p+1/t11-/m0/s1. The Bertz CT molecular complexity index is 549. The number of aryl methyl sites for hydroxylation is 1. The van der Waals surface area contributed by atoms with Gasteiger partial charge in [-0.1, -0.05) is 6.92 Å². The van der Waals surface area contributed by atoms with Gasteiger partial charge in [0.1, 0.15) is 0 Å². The van der Waals surface area contributed by atoms with E-state index in [0.29, 0.717) is 12.3 Å². The number of Topliss-reactive ketones (excluding diaryl/α,β-unsaturated/α-hetero) is 1. The molecule has 1 aromatic rings. The van der Waals surface area contributed by atoms with E-state index in [9.17, 15) is 4.79 Å². The van der Waals surface area contributed by atoms with E-state index in [2.05, 4.69) is 23.7 Å². The summed E-state index contributed by atoms with van der Waals surface area (Å²) in [5.74, 6) is 1.44. The van der Waals surface area contributed by atoms with Gasteiger partial charge in [-0.2, -0.15) is 0 Å². The highest BCUT2D eigenvalue weighted by atomic mass is 16.1. The van der Waals surface area contributed by atoms with E-state index >= 15 is 0 Å². The largest absolute Gasteiger partial charge is 0.332 e. The Morgan fingerprint density at radius 3 is 2.62 bits per heavy atom. The number of aromatic nitrogens is 2. The van der Waals surface area contributed by atoms with E-state index in [0.717, 1.165) is 55.5 Å². The number of carbonyl (C=O) groups excluding carboxylic acids is 1. The van der Waals surface area contributed by atoms with Crippen molar-refractivity contribution in [3.63, 3.8) is 0 Å². The average Bonchev–Trinajstić information content (AvgIpc) is 2.46. The third-order valence-electron chi connectivity index (χ3n) is 4.76. The van der Waals surface area contributed by atoms with Crippen LogP contribution in [0.4, 0.5) is 5.95 Å². The van der Waals surface area contributed by atoms with E-state index in [1.807, 2.05) is 6.92 Å². The first kappa shape index (κ1) is 14.4. The van der Waals surface area contributed by atoms with Gasteiger partial charge < -0.3 is 9.80 Å². The SMILES string of the molecule is CC[NH+]1CCN(c2nc(C)c3c(n2)C[C@H](C)CC3=O)CC1. The number of ketones is 1. The maximum Gasteiger partial charge on any atom is 0.226 e. The fourth-order valence-corrected chi connectivity index (χ4v) is 3.47. The monoisotopic (exact) mass is 289 g/mol. The predicted molar refractivity (Wildman–Crippen MR) is 82.0 cm³/mol. The fourth-order valence-electron chi connectivity index (χ4n) is 3.47. The zero-order valence-electron chi connectivity index (χ0n) is 13.3. The van der Waals surface area contributed by atoms with Gasteiger partial charge in [0.05, 0.1) is 49.7 Å². The molecule has 0 bridgehead atoms. The van der Waals surface area contributed by atoms with Crippen molar-refractivity contribution >= 4 is 11.7 Å². The zero-order chi connectivity index (χ0) is 15.0. The molecule has 2 aliphatic rings. The van der Waals surface area contributed by atoms with E-state index < -0.39 is 0 Å². The van der Waals surface area contributed by atoms with Crippen molar-refractivity contribution in [1.82, 2.24) is 9.97 Å². The molecule has 1 aliphatic heterocycles. The molecule has 0 aromatic carbocycles. The van der Waals surface area contributed by atoms with Crippen LogP contribution in [0.3, 0.4) is 0 Å². The number of hydrogen-bond donors (Lipinski definition) is 1. The Morgan fingerprint density at radius 1 is 1.24 bits per heavy atom. The molecule has 1 N–H and O–H groups in total. The quantitative estimate of drug-likeness (QED) is 0.849. The minimum atomic E-state index is 0.216. The highest BCUT2D eigenvalue weighted by molar-refractivity contribution is 5.99. The molecule has 1 saturated heterocycles. The van der Waals surface area contributed by atoms with Crippen molar-refractivity contribution in [1.29, 1.82) is 0 Å². The molecular weight excluding hydrogens is 264 g/mol. The molecule has 0 spiro atoms. The normalized spacial score (nSPS) is 23.3. The molecule has 1 aliphatic carbocycles. The molecule has 5 nitrogen and oxygen atoms in total. The summed E-state index contributed by atoms with van der Waals surface area (Å²) in [6.07, 6.45) is 1.53. The third-order valence-corrected chi connectivity index (χ3v) is 4.76. The van der Waals surface area contributed by atoms with E-state index in [-0.39, 0.29) is 5.78 Å². The molecule has 0 saturated carbocycles. The van der Waals surface area contributed by atoms with Gasteiger partial charge in [0.2, 0.25) is 5.95 Å². The van der Waals surface area contributed by atoms with Crippen LogP contribution in [0.25, 0.3) is 0 Å². The summed E-state index contributed by atoms with van der Waals surface area (Å²) < 4.78 is 0. The smallest absolute Gasteiger partial charge is 0.226 e. The number of likely N-dealkylation sites (N-methyl/N-ethyl adjacent to an activating group) is 1. The van der Waals surface area contributed by atoms with Gasteiger partial charge in [-0.25, -0.2) is 9.97 Å². The Balaban J connectivity index is 1.86. The van der Waals surface area contributed by atoms with Crippen LogP contribution in [0.5, 0.6) is 0 Å². The first-order chi connectivity index (χ1) is 10.1. The molecule has 21 heavy (non-hydrogen) atoms. The van der Waals surface area contributed by atoms with Gasteiger partial charge in [0.25, 0.3) is 0 Å². The molecule has 1 atom stereocenters. The highest BCUT2D eigenvalue weighted by Gasteiger charge is 2.28. The molecule has 5 heteroatoms. The van der Waals surface area contributed by atoms with Gasteiger partial charge in [0.15, 0.2) is 5.78 Å². The molecule has 2 heterocycles. The van der Waals surface area contributed by atoms with Crippen LogP contribution in [0.1, 0.15) is 42.0 Å². The summed E-state index contributed by atoms with van der Waals surface area (Å²) in [4.78, 5) is 25.5. The maximum atomic E-state index is 12.2. The molecule has 114 valence electrons. The van der Waals surface area contributed by atoms with Crippen molar-refractivity contribution in [3.8, 4) is 0 Å². The first-order valence-corrected chi connectivity index (χ1v) is 8.07. The molecule has 1 fully saturated rings. The number of fused-ring (bicyclic) bond motifs is 1. The minimum Gasteiger partial charge on any atom is -0.332 e. The number of carbonyl (C=O) groups is 1. The van der Waals surface area contributed by atoms with E-state index in [1.165, 1.54) is 6.54 Å². The number of anilines is 1. The van der Waals surface area contributed by atoms with Gasteiger partial charge >= 0.3 is 0 Å². The third kappa shape index (κ3) is 2.79. The Kier molecular flexibility index (Phi) is 3.93. The average molecular weight is 289 g/mol. The second-order valence-electron chi connectivity index (χ2n) is 6.46. The second-order valence-corrected chi connectivity index (χ2v) is 6.46. The van der Waals surface area contributed by atoms with Gasteiger partial charge in [-0.15, -0.1) is 0 Å². The van der Waals surface area contributed by atoms with Gasteiger partial charge in [0, 0.05) is 6.42 Å². The van der Waals surface area contributed by atoms with Crippen LogP contribution in [-0.4, -0.2) is 48.5 Å². The topological polar surface area (TPSA) is 50.5 Å². The van der Waals surface area contributed by atoms with Gasteiger partial charge in [-0.05, 0) is 26.2 Å². The van der Waals surface area contributed by atoms with Crippen molar-refractivity contribution in [3.05, 3.63) is 17.0 Å². The van der Waals surface area contributed by atoms with Crippen molar-refractivity contribution in [2.45, 2.75) is 33.6 Å². The molecule has 0 radical (unpaired) electrons. The second kappa shape index (κ2) is 5.72. The molecule has 0 amide bonds. The van der Waals surface area contributed by atoms with Crippen molar-refractivity contribution in [2.24, 2.45) is 5.92 Å². The number of rotatable bonds is 2. The van der Waals surface area contributed by atoms with Crippen LogP contribution >= 0.6 is 0 Å². The lowest BCUT2D eigenvalue weighted by atomic mass is 9.86. The molecular formula is C16H25N4O+. The Hall–Kier alpha value is -1.49. The summed E-state index contributed by atoms with van der Waals surface area (Å²) in [7, 11) is 0. The summed E-state index contributed by atoms with van der Waals surface area (Å²) in [5.41, 5.74) is 2.61. The maximum absolute atomic E-state index is 12.2.